The van der Waals surface area contributed by atoms with Crippen molar-refractivity contribution in [3.05, 3.63) is 57.4 Å². The first-order valence-corrected chi connectivity index (χ1v) is 9.05. The summed E-state index contributed by atoms with van der Waals surface area (Å²) >= 11 is 0. The number of hydrogen-bond acceptors (Lipinski definition) is 7. The summed E-state index contributed by atoms with van der Waals surface area (Å²) in [7, 11) is 4.58. The van der Waals surface area contributed by atoms with Gasteiger partial charge in [0.2, 0.25) is 5.75 Å². The van der Waals surface area contributed by atoms with Crippen LogP contribution in [-0.4, -0.2) is 27.3 Å². The largest absolute Gasteiger partial charge is 0.493 e. The molecule has 0 fully saturated rings. The smallest absolute Gasteiger partial charge is 0.336 e. The van der Waals surface area contributed by atoms with E-state index in [1.807, 2.05) is 13.0 Å². The molecule has 1 aliphatic heterocycles. The molecule has 150 valence electrons. The van der Waals surface area contributed by atoms with Crippen molar-refractivity contribution in [1.29, 1.82) is 0 Å². The third-order valence-electron chi connectivity index (χ3n) is 5.17. The van der Waals surface area contributed by atoms with E-state index in [0.717, 1.165) is 10.9 Å². The van der Waals surface area contributed by atoms with Crippen LogP contribution in [0.3, 0.4) is 0 Å². The minimum atomic E-state index is -0.460. The Labute approximate surface area is 166 Å². The zero-order valence-corrected chi connectivity index (χ0v) is 16.5. The summed E-state index contributed by atoms with van der Waals surface area (Å²) in [5.74, 6) is 0.912. The molecule has 0 spiro atoms. The molecule has 1 atom stereocenters. The number of hydrogen-bond donors (Lipinski definition) is 0. The number of esters is 1. The average Bonchev–Trinajstić information content (AvgIpc) is 2.71. The van der Waals surface area contributed by atoms with Crippen molar-refractivity contribution in [1.82, 2.24) is 0 Å². The van der Waals surface area contributed by atoms with E-state index in [1.165, 1.54) is 27.4 Å². The Bertz CT molecular complexity index is 1180. The van der Waals surface area contributed by atoms with Crippen LogP contribution in [0.25, 0.3) is 11.0 Å². The maximum Gasteiger partial charge on any atom is 0.336 e. The normalized spacial score (nSPS) is 15.6. The third kappa shape index (κ3) is 2.99. The standard InChI is InChI=1S/C22H20O7/c1-11-9-17(23)29-20-12(11)5-7-15-19(20)14(10-18(24)28-15)13-6-8-16(25-2)22(27-4)21(13)26-3/h5-9,14H,10H2,1-4H3/t14-/m0/s1. The molecule has 3 aromatic rings. The number of carbonyl (C=O) groups excluding carboxylic acids is 1. The molecule has 4 rings (SSSR count). The van der Waals surface area contributed by atoms with Gasteiger partial charge in [0.25, 0.3) is 0 Å². The van der Waals surface area contributed by atoms with Gasteiger partial charge in [-0.15, -0.1) is 0 Å². The van der Waals surface area contributed by atoms with Crippen LogP contribution in [0.5, 0.6) is 23.0 Å². The SMILES string of the molecule is COc1ccc([C@@H]2CC(=O)Oc3ccc4c(C)cc(=O)oc4c32)c(OC)c1OC. The minimum absolute atomic E-state index is 0.0651. The fourth-order valence-electron chi connectivity index (χ4n) is 3.90. The molecule has 0 aliphatic carbocycles. The summed E-state index contributed by atoms with van der Waals surface area (Å²) in [6.45, 7) is 1.84. The van der Waals surface area contributed by atoms with Crippen LogP contribution >= 0.6 is 0 Å². The summed E-state index contributed by atoms with van der Waals surface area (Å²) in [5, 5.41) is 0.783. The van der Waals surface area contributed by atoms with Crippen molar-refractivity contribution in [3.8, 4) is 23.0 Å². The average molecular weight is 396 g/mol. The molecule has 2 heterocycles. The van der Waals surface area contributed by atoms with Crippen LogP contribution in [0.4, 0.5) is 0 Å². The van der Waals surface area contributed by atoms with Crippen molar-refractivity contribution >= 4 is 16.9 Å². The van der Waals surface area contributed by atoms with E-state index in [4.69, 9.17) is 23.4 Å². The summed E-state index contributed by atoms with van der Waals surface area (Å²) in [6, 6.07) is 8.52. The Morgan fingerprint density at radius 3 is 2.41 bits per heavy atom. The van der Waals surface area contributed by atoms with Gasteiger partial charge in [-0.25, -0.2) is 4.79 Å². The summed E-state index contributed by atoms with van der Waals surface area (Å²) < 4.78 is 27.5. The zero-order chi connectivity index (χ0) is 20.7. The van der Waals surface area contributed by atoms with Gasteiger partial charge in [0.05, 0.1) is 27.8 Å². The Balaban J connectivity index is 2.04. The molecule has 29 heavy (non-hydrogen) atoms. The lowest BCUT2D eigenvalue weighted by Crippen LogP contribution is -2.22. The van der Waals surface area contributed by atoms with E-state index in [1.54, 1.807) is 18.2 Å². The number of ether oxygens (including phenoxy) is 4. The second-order valence-corrected chi connectivity index (χ2v) is 6.76. The maximum absolute atomic E-state index is 12.3. The Hall–Kier alpha value is -3.48. The van der Waals surface area contributed by atoms with Crippen LogP contribution in [0.15, 0.2) is 39.5 Å². The number of aryl methyl sites for hydroxylation is 1. The Morgan fingerprint density at radius 1 is 0.966 bits per heavy atom. The van der Waals surface area contributed by atoms with E-state index in [9.17, 15) is 9.59 Å². The molecule has 2 aromatic carbocycles. The lowest BCUT2D eigenvalue weighted by molar-refractivity contribution is -0.135. The summed E-state index contributed by atoms with van der Waals surface area (Å²) in [5.41, 5.74) is 2.07. The quantitative estimate of drug-likeness (QED) is 0.379. The van der Waals surface area contributed by atoms with Crippen molar-refractivity contribution in [2.24, 2.45) is 0 Å². The Kier molecular flexibility index (Phi) is 4.66. The lowest BCUT2D eigenvalue weighted by Gasteiger charge is -2.27. The summed E-state index contributed by atoms with van der Waals surface area (Å²) in [6.07, 6.45) is 0.0651. The molecule has 1 aromatic heterocycles. The second-order valence-electron chi connectivity index (χ2n) is 6.76. The van der Waals surface area contributed by atoms with E-state index in [-0.39, 0.29) is 12.4 Å². The monoisotopic (exact) mass is 396 g/mol. The molecule has 7 nitrogen and oxygen atoms in total. The fraction of sp³-hybridized carbons (Fsp3) is 0.273. The van der Waals surface area contributed by atoms with E-state index in [0.29, 0.717) is 39.7 Å². The molecule has 0 N–H and O–H groups in total. The van der Waals surface area contributed by atoms with Crippen molar-refractivity contribution < 1.29 is 28.2 Å². The Morgan fingerprint density at radius 2 is 1.72 bits per heavy atom. The van der Waals surface area contributed by atoms with Gasteiger partial charge >= 0.3 is 11.6 Å². The minimum Gasteiger partial charge on any atom is -0.493 e. The van der Waals surface area contributed by atoms with Gasteiger partial charge in [-0.05, 0) is 30.7 Å². The number of rotatable bonds is 4. The molecule has 0 amide bonds. The first-order chi connectivity index (χ1) is 14.0. The molecule has 0 saturated carbocycles. The van der Waals surface area contributed by atoms with Gasteiger partial charge in [0.15, 0.2) is 11.5 Å². The fourth-order valence-corrected chi connectivity index (χ4v) is 3.90. The third-order valence-corrected chi connectivity index (χ3v) is 5.17. The number of benzene rings is 2. The first-order valence-electron chi connectivity index (χ1n) is 9.05. The molecule has 0 radical (unpaired) electrons. The topological polar surface area (TPSA) is 84.2 Å². The molecular weight excluding hydrogens is 376 g/mol. The molecule has 1 aliphatic rings. The first kappa shape index (κ1) is 18.9. The van der Waals surface area contributed by atoms with E-state index >= 15 is 0 Å². The van der Waals surface area contributed by atoms with Gasteiger partial charge in [-0.2, -0.15) is 0 Å². The maximum atomic E-state index is 12.3. The van der Waals surface area contributed by atoms with Crippen molar-refractivity contribution in [3.63, 3.8) is 0 Å². The van der Waals surface area contributed by atoms with Crippen LogP contribution in [0.2, 0.25) is 0 Å². The molecular formula is C22H20O7. The summed E-state index contributed by atoms with van der Waals surface area (Å²) in [4.78, 5) is 24.4. The number of methoxy groups -OCH3 is 3. The lowest BCUT2D eigenvalue weighted by atomic mass is 9.84. The van der Waals surface area contributed by atoms with Crippen LogP contribution in [0.1, 0.15) is 29.0 Å². The van der Waals surface area contributed by atoms with Gasteiger partial charge in [0, 0.05) is 28.5 Å². The molecule has 0 bridgehead atoms. The van der Waals surface area contributed by atoms with E-state index < -0.39 is 11.5 Å². The predicted octanol–water partition coefficient (Wildman–Crippen LogP) is 3.57. The van der Waals surface area contributed by atoms with Crippen molar-refractivity contribution in [2.45, 2.75) is 19.3 Å². The van der Waals surface area contributed by atoms with Crippen molar-refractivity contribution in [2.75, 3.05) is 21.3 Å². The highest BCUT2D eigenvalue weighted by Gasteiger charge is 2.35. The second kappa shape index (κ2) is 7.16. The number of carbonyl (C=O) groups is 1. The highest BCUT2D eigenvalue weighted by Crippen LogP contribution is 2.49. The van der Waals surface area contributed by atoms with Crippen LogP contribution in [0, 0.1) is 6.92 Å². The highest BCUT2D eigenvalue weighted by atomic mass is 16.5. The zero-order valence-electron chi connectivity index (χ0n) is 16.5. The van der Waals surface area contributed by atoms with Crippen LogP contribution in [-0.2, 0) is 4.79 Å². The van der Waals surface area contributed by atoms with E-state index in [2.05, 4.69) is 0 Å². The predicted molar refractivity (Wildman–Crippen MR) is 105 cm³/mol. The van der Waals surface area contributed by atoms with Crippen LogP contribution < -0.4 is 24.6 Å². The van der Waals surface area contributed by atoms with Gasteiger partial charge in [-0.3, -0.25) is 4.79 Å². The van der Waals surface area contributed by atoms with Gasteiger partial charge in [0.1, 0.15) is 11.3 Å². The van der Waals surface area contributed by atoms with Gasteiger partial charge in [-0.1, -0.05) is 6.07 Å². The highest BCUT2D eigenvalue weighted by molar-refractivity contribution is 5.90. The number of fused-ring (bicyclic) bond motifs is 3. The molecule has 0 unspecified atom stereocenters. The molecule has 0 saturated heterocycles. The van der Waals surface area contributed by atoms with Gasteiger partial charge < -0.3 is 23.4 Å². The molecule has 7 heteroatoms.